The van der Waals surface area contributed by atoms with Crippen molar-refractivity contribution >= 4 is 22.4 Å². The SMILES string of the molecule is CCC(CC)(CC)Nc1nc2c(s1)CCC2C(=O)O. The first kappa shape index (κ1) is 14.3. The van der Waals surface area contributed by atoms with Gasteiger partial charge in [-0.3, -0.25) is 4.79 Å². The number of carbonyl (C=O) groups is 1. The van der Waals surface area contributed by atoms with E-state index in [0.29, 0.717) is 6.42 Å². The van der Waals surface area contributed by atoms with E-state index < -0.39 is 11.9 Å². The number of rotatable bonds is 6. The van der Waals surface area contributed by atoms with Crippen LogP contribution in [0.4, 0.5) is 5.13 Å². The number of aryl methyl sites for hydroxylation is 1. The highest BCUT2D eigenvalue weighted by atomic mass is 32.1. The van der Waals surface area contributed by atoms with Gasteiger partial charge in [0.2, 0.25) is 0 Å². The van der Waals surface area contributed by atoms with Crippen LogP contribution in [-0.4, -0.2) is 21.6 Å². The molecule has 2 N–H and O–H groups in total. The van der Waals surface area contributed by atoms with Gasteiger partial charge < -0.3 is 10.4 Å². The van der Waals surface area contributed by atoms with E-state index in [4.69, 9.17) is 0 Å². The minimum atomic E-state index is -0.747. The van der Waals surface area contributed by atoms with Gasteiger partial charge in [0.15, 0.2) is 5.13 Å². The maximum atomic E-state index is 11.2. The van der Waals surface area contributed by atoms with Gasteiger partial charge in [-0.1, -0.05) is 20.8 Å². The third-order valence-corrected chi connectivity index (χ3v) is 5.46. The van der Waals surface area contributed by atoms with Crippen LogP contribution >= 0.6 is 11.3 Å². The Morgan fingerprint density at radius 2 is 2.05 bits per heavy atom. The fourth-order valence-electron chi connectivity index (χ4n) is 2.76. The summed E-state index contributed by atoms with van der Waals surface area (Å²) in [6.45, 7) is 6.55. The first-order valence-electron chi connectivity index (χ1n) is 7.05. The fourth-order valence-corrected chi connectivity index (χ4v) is 3.92. The standard InChI is InChI=1S/C14H22N2O2S/c1-4-14(5-2,6-3)16-13-15-11-9(12(17)18)7-8-10(11)19-13/h9H,4-8H2,1-3H3,(H,15,16)(H,17,18). The number of nitrogens with zero attached hydrogens (tertiary/aromatic N) is 1. The van der Waals surface area contributed by atoms with E-state index in [1.54, 1.807) is 11.3 Å². The van der Waals surface area contributed by atoms with Gasteiger partial charge in [0.1, 0.15) is 5.92 Å². The highest BCUT2D eigenvalue weighted by molar-refractivity contribution is 7.15. The lowest BCUT2D eigenvalue weighted by Crippen LogP contribution is -2.36. The second kappa shape index (κ2) is 5.49. The lowest BCUT2D eigenvalue weighted by Gasteiger charge is -2.31. The van der Waals surface area contributed by atoms with Gasteiger partial charge in [-0.2, -0.15) is 0 Å². The van der Waals surface area contributed by atoms with E-state index in [2.05, 4.69) is 31.1 Å². The predicted octanol–water partition coefficient (Wildman–Crippen LogP) is 3.64. The molecule has 0 aliphatic heterocycles. The Balaban J connectivity index is 2.20. The summed E-state index contributed by atoms with van der Waals surface area (Å²) < 4.78 is 0. The Morgan fingerprint density at radius 3 is 2.58 bits per heavy atom. The molecule has 0 saturated heterocycles. The third kappa shape index (κ3) is 2.61. The Kier molecular flexibility index (Phi) is 4.13. The van der Waals surface area contributed by atoms with Crippen molar-refractivity contribution in [3.8, 4) is 0 Å². The normalized spacial score (nSPS) is 18.4. The molecule has 0 spiro atoms. The zero-order valence-corrected chi connectivity index (χ0v) is 12.6. The van der Waals surface area contributed by atoms with E-state index in [1.165, 1.54) is 0 Å². The van der Waals surface area contributed by atoms with Gasteiger partial charge in [-0.25, -0.2) is 4.98 Å². The topological polar surface area (TPSA) is 62.2 Å². The molecule has 0 saturated carbocycles. The van der Waals surface area contributed by atoms with Gasteiger partial charge in [0.25, 0.3) is 0 Å². The second-order valence-corrected chi connectivity index (χ2v) is 6.31. The number of thiazole rings is 1. The van der Waals surface area contributed by atoms with Crippen molar-refractivity contribution in [2.24, 2.45) is 0 Å². The van der Waals surface area contributed by atoms with Crippen molar-refractivity contribution in [2.45, 2.75) is 64.3 Å². The first-order chi connectivity index (χ1) is 9.05. The van der Waals surface area contributed by atoms with Crippen molar-refractivity contribution in [2.75, 3.05) is 5.32 Å². The minimum Gasteiger partial charge on any atom is -0.481 e. The van der Waals surface area contributed by atoms with E-state index in [9.17, 15) is 9.90 Å². The van der Waals surface area contributed by atoms with Gasteiger partial charge in [0, 0.05) is 10.4 Å². The van der Waals surface area contributed by atoms with Crippen LogP contribution in [0.3, 0.4) is 0 Å². The summed E-state index contributed by atoms with van der Waals surface area (Å²) >= 11 is 1.63. The minimum absolute atomic E-state index is 0.0876. The van der Waals surface area contributed by atoms with Crippen molar-refractivity contribution in [3.63, 3.8) is 0 Å². The van der Waals surface area contributed by atoms with Crippen LogP contribution in [0, 0.1) is 0 Å². The fraction of sp³-hybridized carbons (Fsp3) is 0.714. The number of carboxylic acids is 1. The van der Waals surface area contributed by atoms with Crippen LogP contribution in [-0.2, 0) is 11.2 Å². The maximum Gasteiger partial charge on any atom is 0.312 e. The van der Waals surface area contributed by atoms with Crippen molar-refractivity contribution in [3.05, 3.63) is 10.6 Å². The first-order valence-corrected chi connectivity index (χ1v) is 7.87. The summed E-state index contributed by atoms with van der Waals surface area (Å²) in [4.78, 5) is 16.9. The number of nitrogens with one attached hydrogen (secondary N) is 1. The molecular formula is C14H22N2O2S. The lowest BCUT2D eigenvalue weighted by atomic mass is 9.90. The smallest absolute Gasteiger partial charge is 0.312 e. The molecule has 4 nitrogen and oxygen atoms in total. The highest BCUT2D eigenvalue weighted by Crippen LogP contribution is 2.39. The zero-order valence-electron chi connectivity index (χ0n) is 11.8. The number of hydrogen-bond donors (Lipinski definition) is 2. The van der Waals surface area contributed by atoms with Crippen molar-refractivity contribution in [1.82, 2.24) is 4.98 Å². The summed E-state index contributed by atoms with van der Waals surface area (Å²) in [6.07, 6.45) is 4.69. The lowest BCUT2D eigenvalue weighted by molar-refractivity contribution is -0.138. The molecule has 0 bridgehead atoms. The molecule has 1 aliphatic rings. The Bertz CT molecular complexity index is 458. The maximum absolute atomic E-state index is 11.2. The average molecular weight is 282 g/mol. The molecule has 1 aliphatic carbocycles. The Hall–Kier alpha value is -1.10. The molecule has 0 fully saturated rings. The van der Waals surface area contributed by atoms with Gasteiger partial charge in [-0.05, 0) is 32.1 Å². The van der Waals surface area contributed by atoms with Crippen molar-refractivity contribution in [1.29, 1.82) is 0 Å². The average Bonchev–Trinajstić information content (AvgIpc) is 2.95. The molecule has 19 heavy (non-hydrogen) atoms. The summed E-state index contributed by atoms with van der Waals surface area (Å²) in [6, 6.07) is 0. The van der Waals surface area contributed by atoms with Crippen LogP contribution in [0.1, 0.15) is 62.9 Å². The largest absolute Gasteiger partial charge is 0.481 e. The summed E-state index contributed by atoms with van der Waals surface area (Å²) in [7, 11) is 0. The number of anilines is 1. The predicted molar refractivity (Wildman–Crippen MR) is 78.0 cm³/mol. The zero-order chi connectivity index (χ0) is 14.0. The molecule has 1 aromatic rings. The molecule has 1 heterocycles. The van der Waals surface area contributed by atoms with Gasteiger partial charge >= 0.3 is 5.97 Å². The van der Waals surface area contributed by atoms with Crippen LogP contribution in [0.5, 0.6) is 0 Å². The number of aromatic nitrogens is 1. The van der Waals surface area contributed by atoms with Crippen molar-refractivity contribution < 1.29 is 9.90 Å². The van der Waals surface area contributed by atoms with Gasteiger partial charge in [-0.15, -0.1) is 11.3 Å². The monoisotopic (exact) mass is 282 g/mol. The molecule has 0 amide bonds. The summed E-state index contributed by atoms with van der Waals surface area (Å²) in [5.41, 5.74) is 0.877. The van der Waals surface area contributed by atoms with E-state index in [0.717, 1.165) is 41.4 Å². The Morgan fingerprint density at radius 1 is 1.42 bits per heavy atom. The summed E-state index contributed by atoms with van der Waals surface area (Å²) in [5, 5.41) is 13.6. The molecule has 1 unspecified atom stereocenters. The van der Waals surface area contributed by atoms with Crippen LogP contribution < -0.4 is 5.32 Å². The molecule has 0 aromatic carbocycles. The second-order valence-electron chi connectivity index (χ2n) is 5.22. The molecule has 5 heteroatoms. The number of hydrogen-bond acceptors (Lipinski definition) is 4. The highest BCUT2D eigenvalue weighted by Gasteiger charge is 2.33. The molecule has 106 valence electrons. The van der Waals surface area contributed by atoms with Crippen LogP contribution in [0.15, 0.2) is 0 Å². The van der Waals surface area contributed by atoms with E-state index in [-0.39, 0.29) is 5.54 Å². The Labute approximate surface area is 118 Å². The number of aliphatic carboxylic acids is 1. The third-order valence-electron chi connectivity index (χ3n) is 4.42. The van der Waals surface area contributed by atoms with Gasteiger partial charge in [0.05, 0.1) is 5.69 Å². The van der Waals surface area contributed by atoms with E-state index >= 15 is 0 Å². The summed E-state index contributed by atoms with van der Waals surface area (Å²) in [5.74, 6) is -1.15. The molecule has 1 atom stereocenters. The number of carboxylic acid groups (broad SMARTS) is 1. The van der Waals surface area contributed by atoms with Crippen LogP contribution in [0.25, 0.3) is 0 Å². The molecular weight excluding hydrogens is 260 g/mol. The van der Waals surface area contributed by atoms with Crippen LogP contribution in [0.2, 0.25) is 0 Å². The number of fused-ring (bicyclic) bond motifs is 1. The molecule has 0 radical (unpaired) electrons. The quantitative estimate of drug-likeness (QED) is 0.836. The molecule has 1 aromatic heterocycles. The van der Waals surface area contributed by atoms with E-state index in [1.807, 2.05) is 0 Å². The molecule has 2 rings (SSSR count).